The van der Waals surface area contributed by atoms with Crippen LogP contribution >= 0.6 is 11.3 Å². The molecule has 2 saturated heterocycles. The topological polar surface area (TPSA) is 220 Å². The van der Waals surface area contributed by atoms with Gasteiger partial charge in [0.1, 0.15) is 17.8 Å². The second-order valence-electron chi connectivity index (χ2n) is 20.4. The first-order chi connectivity index (χ1) is 34.4. The van der Waals surface area contributed by atoms with Crippen LogP contribution in [0.15, 0.2) is 64.9 Å². The molecule has 18 heteroatoms. The molecule has 2 aliphatic rings. The Hall–Kier alpha value is -6.37. The van der Waals surface area contributed by atoms with Crippen LogP contribution in [0.25, 0.3) is 21.3 Å². The number of nitrogens with zero attached hydrogens (tertiary/aromatic N) is 4. The van der Waals surface area contributed by atoms with E-state index in [1.807, 2.05) is 88.7 Å². The van der Waals surface area contributed by atoms with Crippen LogP contribution < -0.4 is 31.6 Å². The summed E-state index contributed by atoms with van der Waals surface area (Å²) in [6.07, 6.45) is 2.76. The number of hydrogen-bond acceptors (Lipinski definition) is 11. The molecule has 0 bridgehead atoms. The molecule has 0 aliphatic carbocycles. The van der Waals surface area contributed by atoms with E-state index >= 15 is 0 Å². The molecule has 6 N–H and O–H groups in total. The van der Waals surface area contributed by atoms with Crippen molar-refractivity contribution in [1.29, 1.82) is 0 Å². The van der Waals surface area contributed by atoms with Gasteiger partial charge in [0.25, 0.3) is 11.5 Å². The molecule has 386 valence electrons. The molecule has 5 heterocycles. The predicted molar refractivity (Wildman–Crippen MR) is 278 cm³/mol. The van der Waals surface area contributed by atoms with E-state index in [1.54, 1.807) is 24.3 Å². The van der Waals surface area contributed by atoms with Crippen LogP contribution in [0, 0.1) is 32.1 Å². The highest BCUT2D eigenvalue weighted by molar-refractivity contribution is 7.13. The summed E-state index contributed by atoms with van der Waals surface area (Å²) in [6, 6.07) is 15.7. The molecule has 0 unspecified atom stereocenters. The van der Waals surface area contributed by atoms with E-state index in [0.29, 0.717) is 54.3 Å². The van der Waals surface area contributed by atoms with Crippen molar-refractivity contribution in [3.05, 3.63) is 104 Å². The predicted octanol–water partition coefficient (Wildman–Crippen LogP) is 5.51. The fourth-order valence-electron chi connectivity index (χ4n) is 9.94. The van der Waals surface area contributed by atoms with Crippen molar-refractivity contribution in [2.75, 3.05) is 39.8 Å². The minimum atomic E-state index is -0.937. The van der Waals surface area contributed by atoms with E-state index < -0.39 is 29.5 Å². The highest BCUT2D eigenvalue weighted by Crippen LogP contribution is 2.31. The van der Waals surface area contributed by atoms with Crippen molar-refractivity contribution >= 4 is 51.8 Å². The number of aryl methyl sites for hydroxylation is 2. The maximum atomic E-state index is 14.1. The third kappa shape index (κ3) is 13.2. The number of nitrogens with one attached hydrogen (secondary N) is 5. The number of amides is 5. The van der Waals surface area contributed by atoms with Crippen molar-refractivity contribution < 1.29 is 33.8 Å². The molecule has 2 aliphatic heterocycles. The number of piperidine rings is 1. The van der Waals surface area contributed by atoms with Gasteiger partial charge in [0.15, 0.2) is 0 Å². The summed E-state index contributed by atoms with van der Waals surface area (Å²) in [5, 5.41) is 23.2. The first-order valence-corrected chi connectivity index (χ1v) is 26.0. The molecule has 2 aromatic carbocycles. The number of likely N-dealkylation sites (tertiary alicyclic amines) is 2. The number of aliphatic hydroxyl groups excluding tert-OH is 1. The number of aromatic amines is 1. The molecule has 3 aromatic heterocycles. The SMILES string of the molecule is COc1cc(C)[nH]c(=O)c1CNC(=O)c1c(C)n(CC2CCN(CCCC(=O)NCCCC(=O)N[C@H](C(=O)N3C[C@H](O)C[C@H]3C(=O)NCc3ccc(-c4scnc4C)cc3)C(C)(C)C)CC2)c2ccccc12. The van der Waals surface area contributed by atoms with Crippen LogP contribution in [0.2, 0.25) is 0 Å². The molecule has 5 aromatic rings. The number of para-hydroxylation sites is 1. The number of rotatable bonds is 20. The second-order valence-corrected chi connectivity index (χ2v) is 21.2. The smallest absolute Gasteiger partial charge is 0.256 e. The zero-order valence-electron chi connectivity index (χ0n) is 42.7. The number of hydrogen-bond donors (Lipinski definition) is 6. The average molecular weight is 1010 g/mol. The van der Waals surface area contributed by atoms with Crippen LogP contribution in [-0.2, 0) is 38.8 Å². The van der Waals surface area contributed by atoms with Crippen molar-refractivity contribution in [2.24, 2.45) is 11.3 Å². The molecular formula is C54H71N9O8S. The first kappa shape index (κ1) is 53.4. The van der Waals surface area contributed by atoms with E-state index in [1.165, 1.54) is 12.0 Å². The lowest BCUT2D eigenvalue weighted by Crippen LogP contribution is -2.57. The molecule has 0 radical (unpaired) electrons. The summed E-state index contributed by atoms with van der Waals surface area (Å²) in [5.74, 6) is -0.605. The molecule has 5 amide bonds. The van der Waals surface area contributed by atoms with Gasteiger partial charge in [0, 0.05) is 67.7 Å². The Labute approximate surface area is 425 Å². The molecule has 72 heavy (non-hydrogen) atoms. The van der Waals surface area contributed by atoms with Gasteiger partial charge < -0.3 is 50.5 Å². The largest absolute Gasteiger partial charge is 0.496 e. The zero-order chi connectivity index (χ0) is 51.7. The first-order valence-electron chi connectivity index (χ1n) is 25.1. The molecular weight excluding hydrogens is 935 g/mol. The maximum Gasteiger partial charge on any atom is 0.256 e. The highest BCUT2D eigenvalue weighted by Gasteiger charge is 2.44. The Kier molecular flexibility index (Phi) is 17.7. The van der Waals surface area contributed by atoms with E-state index in [9.17, 15) is 33.9 Å². The summed E-state index contributed by atoms with van der Waals surface area (Å²) in [4.78, 5) is 91.9. The minimum absolute atomic E-state index is 0.0122. The van der Waals surface area contributed by atoms with Gasteiger partial charge in [-0.25, -0.2) is 4.98 Å². The van der Waals surface area contributed by atoms with Gasteiger partial charge in [0.2, 0.25) is 23.6 Å². The number of H-pyrrole nitrogens is 1. The second kappa shape index (κ2) is 23.9. The van der Waals surface area contributed by atoms with Crippen LogP contribution in [-0.4, -0.2) is 117 Å². The van der Waals surface area contributed by atoms with Crippen molar-refractivity contribution in [3.8, 4) is 16.2 Å². The van der Waals surface area contributed by atoms with Gasteiger partial charge in [-0.3, -0.25) is 28.8 Å². The summed E-state index contributed by atoms with van der Waals surface area (Å²) in [5.41, 5.74) is 7.25. The Morgan fingerprint density at radius 2 is 1.65 bits per heavy atom. The normalized spacial score (nSPS) is 16.9. The number of pyridine rings is 1. The third-order valence-electron chi connectivity index (χ3n) is 14.0. The lowest BCUT2D eigenvalue weighted by atomic mass is 9.85. The Morgan fingerprint density at radius 1 is 0.931 bits per heavy atom. The van der Waals surface area contributed by atoms with E-state index in [0.717, 1.165) is 77.3 Å². The minimum Gasteiger partial charge on any atom is -0.496 e. The molecule has 3 atom stereocenters. The van der Waals surface area contributed by atoms with Gasteiger partial charge >= 0.3 is 0 Å². The van der Waals surface area contributed by atoms with E-state index in [-0.39, 0.29) is 61.7 Å². The summed E-state index contributed by atoms with van der Waals surface area (Å²) in [7, 11) is 1.51. The van der Waals surface area contributed by atoms with Crippen LogP contribution in [0.3, 0.4) is 0 Å². The Bertz CT molecular complexity index is 2790. The summed E-state index contributed by atoms with van der Waals surface area (Å²) in [6.45, 7) is 15.3. The van der Waals surface area contributed by atoms with Crippen LogP contribution in [0.5, 0.6) is 5.75 Å². The Balaban J connectivity index is 0.807. The number of benzene rings is 2. The average Bonchev–Trinajstić information content (AvgIpc) is 4.05. The van der Waals surface area contributed by atoms with Crippen molar-refractivity contribution in [2.45, 2.75) is 124 Å². The van der Waals surface area contributed by atoms with E-state index in [2.05, 4.69) is 40.7 Å². The van der Waals surface area contributed by atoms with Gasteiger partial charge in [-0.1, -0.05) is 63.2 Å². The van der Waals surface area contributed by atoms with Gasteiger partial charge in [-0.15, -0.1) is 11.3 Å². The lowest BCUT2D eigenvalue weighted by molar-refractivity contribution is -0.144. The lowest BCUT2D eigenvalue weighted by Gasteiger charge is -2.35. The zero-order valence-corrected chi connectivity index (χ0v) is 43.5. The number of carbonyl (C=O) groups is 5. The number of carbonyl (C=O) groups excluding carboxylic acids is 5. The fraction of sp³-hybridized carbons (Fsp3) is 0.500. The van der Waals surface area contributed by atoms with E-state index in [4.69, 9.17) is 4.74 Å². The van der Waals surface area contributed by atoms with Crippen molar-refractivity contribution in [3.63, 3.8) is 0 Å². The number of aliphatic hydroxyl groups is 1. The Morgan fingerprint density at radius 3 is 2.35 bits per heavy atom. The monoisotopic (exact) mass is 1010 g/mol. The number of thiazole rings is 1. The number of ether oxygens (including phenoxy) is 1. The van der Waals surface area contributed by atoms with Crippen LogP contribution in [0.4, 0.5) is 0 Å². The summed E-state index contributed by atoms with van der Waals surface area (Å²) >= 11 is 1.57. The number of methoxy groups -OCH3 is 1. The molecule has 0 saturated carbocycles. The van der Waals surface area contributed by atoms with Gasteiger partial charge in [-0.05, 0) is 101 Å². The molecule has 7 rings (SSSR count). The number of aromatic nitrogens is 3. The molecule has 2 fully saturated rings. The highest BCUT2D eigenvalue weighted by atomic mass is 32.1. The van der Waals surface area contributed by atoms with Gasteiger partial charge in [-0.2, -0.15) is 0 Å². The maximum absolute atomic E-state index is 14.1. The fourth-order valence-corrected chi connectivity index (χ4v) is 10.7. The number of fused-ring (bicyclic) bond motifs is 1. The quantitative estimate of drug-likeness (QED) is 0.0537. The standard InChI is InChI=1S/C54H71N9O8S/c1-33-26-44(71-7)41(50(67)59-33)29-57-52(69)47-35(3)62(42-13-9-8-12-40(42)47)30-37-20-24-61(25-21-37)23-11-15-45(65)55-22-10-14-46(66)60-49(54(4,5)6)53(70)63-31-39(64)27-43(63)51(68)56-28-36-16-18-38(19-17-36)48-34(2)58-32-72-48/h8-9,12-13,16-19,26,32,37,39,43,49,64H,10-11,14-15,20-25,27-31H2,1-7H3,(H,55,65)(H,56,68)(H,57,69)(H,59,67)(H,60,66)/t39-,43+,49-/m1/s1. The summed E-state index contributed by atoms with van der Waals surface area (Å²) < 4.78 is 7.66. The van der Waals surface area contributed by atoms with Crippen molar-refractivity contribution in [1.82, 2.24) is 45.6 Å². The van der Waals surface area contributed by atoms with Crippen LogP contribution in [0.1, 0.15) is 104 Å². The van der Waals surface area contributed by atoms with Gasteiger partial charge in [0.05, 0.1) is 47.0 Å². The molecule has 17 nitrogen and oxygen atoms in total. The number of β-amino-alcohol motifs (C(OH)–C–C–N with tert-alkyl or cyclic N) is 1. The molecule has 0 spiro atoms. The third-order valence-corrected chi connectivity index (χ3v) is 15.0.